The first kappa shape index (κ1) is 11.6. The number of hydrogen-bond acceptors (Lipinski definition) is 6. The van der Waals surface area contributed by atoms with Crippen molar-refractivity contribution in [1.29, 1.82) is 0 Å². The minimum atomic E-state index is -1.05. The highest BCUT2D eigenvalue weighted by molar-refractivity contribution is 5.85. The second-order valence-corrected chi connectivity index (χ2v) is 4.31. The van der Waals surface area contributed by atoms with Crippen LogP contribution in [0.5, 0.6) is 0 Å². The molecule has 1 aliphatic rings. The van der Waals surface area contributed by atoms with Gasteiger partial charge in [-0.2, -0.15) is 5.10 Å². The van der Waals surface area contributed by atoms with E-state index in [-0.39, 0.29) is 11.7 Å². The molecule has 3 rings (SSSR count). The quantitative estimate of drug-likeness (QED) is 0.842. The Balaban J connectivity index is 1.77. The lowest BCUT2D eigenvalue weighted by Crippen LogP contribution is -2.23. The van der Waals surface area contributed by atoms with Gasteiger partial charge >= 0.3 is 5.97 Å². The molecular weight excluding hydrogens is 248 g/mol. The van der Waals surface area contributed by atoms with Gasteiger partial charge < -0.3 is 10.0 Å². The minimum absolute atomic E-state index is 0.00852. The van der Waals surface area contributed by atoms with Crippen molar-refractivity contribution in [3.63, 3.8) is 0 Å². The minimum Gasteiger partial charge on any atom is -0.477 e. The van der Waals surface area contributed by atoms with E-state index >= 15 is 0 Å². The molecule has 1 saturated heterocycles. The lowest BCUT2D eigenvalue weighted by molar-refractivity contribution is 0.0690. The summed E-state index contributed by atoms with van der Waals surface area (Å²) in [5.41, 5.74) is 0.00852. The van der Waals surface area contributed by atoms with Gasteiger partial charge in [0.1, 0.15) is 12.7 Å². The molecule has 1 atom stereocenters. The van der Waals surface area contributed by atoms with Gasteiger partial charge in [0.15, 0.2) is 5.69 Å². The standard InChI is InChI=1S/C11H12N6O2/c18-10(19)9-1-3-13-11(15-9)16-4-2-8(5-16)17-7-12-6-14-17/h1,3,6-8H,2,4-5H2,(H,18,19). The van der Waals surface area contributed by atoms with Crippen molar-refractivity contribution in [3.8, 4) is 0 Å². The average molecular weight is 260 g/mol. The van der Waals surface area contributed by atoms with Crippen molar-refractivity contribution < 1.29 is 9.90 Å². The van der Waals surface area contributed by atoms with Crippen molar-refractivity contribution in [1.82, 2.24) is 24.7 Å². The number of anilines is 1. The molecule has 0 aromatic carbocycles. The summed E-state index contributed by atoms with van der Waals surface area (Å²) in [6.45, 7) is 1.47. The van der Waals surface area contributed by atoms with E-state index in [0.717, 1.165) is 13.0 Å². The van der Waals surface area contributed by atoms with Gasteiger partial charge in [-0.3, -0.25) is 0 Å². The maximum Gasteiger partial charge on any atom is 0.354 e. The van der Waals surface area contributed by atoms with Crippen LogP contribution in [-0.2, 0) is 0 Å². The van der Waals surface area contributed by atoms with Crippen LogP contribution in [0.4, 0.5) is 5.95 Å². The second kappa shape index (κ2) is 4.63. The zero-order chi connectivity index (χ0) is 13.2. The number of rotatable bonds is 3. The van der Waals surface area contributed by atoms with E-state index in [1.165, 1.54) is 18.6 Å². The molecule has 19 heavy (non-hydrogen) atoms. The number of nitrogens with zero attached hydrogens (tertiary/aromatic N) is 6. The Labute approximate surface area is 108 Å². The van der Waals surface area contributed by atoms with E-state index in [1.807, 2.05) is 4.90 Å². The molecule has 0 aliphatic carbocycles. The number of hydrogen-bond donors (Lipinski definition) is 1. The third kappa shape index (κ3) is 2.24. The van der Waals surface area contributed by atoms with Crippen molar-refractivity contribution >= 4 is 11.9 Å². The third-order valence-corrected chi connectivity index (χ3v) is 3.12. The van der Waals surface area contributed by atoms with Crippen LogP contribution in [0.3, 0.4) is 0 Å². The summed E-state index contributed by atoms with van der Waals surface area (Å²) in [6, 6.07) is 1.61. The molecule has 3 heterocycles. The van der Waals surface area contributed by atoms with E-state index in [9.17, 15) is 4.79 Å². The monoisotopic (exact) mass is 260 g/mol. The first-order valence-electron chi connectivity index (χ1n) is 5.89. The fourth-order valence-electron chi connectivity index (χ4n) is 2.17. The molecule has 2 aromatic rings. The van der Waals surface area contributed by atoms with Crippen molar-refractivity contribution in [2.45, 2.75) is 12.5 Å². The van der Waals surface area contributed by atoms with E-state index in [2.05, 4.69) is 20.1 Å². The van der Waals surface area contributed by atoms with E-state index in [0.29, 0.717) is 12.5 Å². The summed E-state index contributed by atoms with van der Waals surface area (Å²) in [4.78, 5) is 24.9. The van der Waals surface area contributed by atoms with Crippen LogP contribution in [0, 0.1) is 0 Å². The summed E-state index contributed by atoms with van der Waals surface area (Å²) in [5, 5.41) is 13.0. The fourth-order valence-corrected chi connectivity index (χ4v) is 2.17. The molecule has 1 fully saturated rings. The molecule has 98 valence electrons. The lowest BCUT2D eigenvalue weighted by Gasteiger charge is -2.16. The topological polar surface area (TPSA) is 97.0 Å². The van der Waals surface area contributed by atoms with E-state index in [4.69, 9.17) is 5.11 Å². The number of aromatic nitrogens is 5. The molecule has 0 bridgehead atoms. The predicted octanol–water partition coefficient (Wildman–Crippen LogP) is 0.218. The van der Waals surface area contributed by atoms with Gasteiger partial charge in [-0.1, -0.05) is 0 Å². The summed E-state index contributed by atoms with van der Waals surface area (Å²) in [7, 11) is 0. The van der Waals surface area contributed by atoms with Gasteiger partial charge in [-0.25, -0.2) is 24.4 Å². The number of carboxylic acid groups (broad SMARTS) is 1. The zero-order valence-corrected chi connectivity index (χ0v) is 10.0. The molecule has 8 nitrogen and oxygen atoms in total. The van der Waals surface area contributed by atoms with Crippen LogP contribution in [0.25, 0.3) is 0 Å². The molecule has 2 aromatic heterocycles. The average Bonchev–Trinajstić information content (AvgIpc) is 3.09. The molecule has 8 heteroatoms. The van der Waals surface area contributed by atoms with Crippen molar-refractivity contribution in [3.05, 3.63) is 30.6 Å². The molecule has 0 spiro atoms. The van der Waals surface area contributed by atoms with Crippen molar-refractivity contribution in [2.75, 3.05) is 18.0 Å². The Morgan fingerprint density at radius 3 is 3.11 bits per heavy atom. The van der Waals surface area contributed by atoms with Crippen LogP contribution >= 0.6 is 0 Å². The molecule has 0 saturated carbocycles. The Kier molecular flexibility index (Phi) is 2.82. The second-order valence-electron chi connectivity index (χ2n) is 4.31. The first-order valence-corrected chi connectivity index (χ1v) is 5.89. The Morgan fingerprint density at radius 2 is 2.37 bits per heavy atom. The summed E-state index contributed by atoms with van der Waals surface area (Å²) >= 11 is 0. The molecule has 0 radical (unpaired) electrons. The number of carboxylic acids is 1. The Morgan fingerprint density at radius 1 is 1.47 bits per heavy atom. The SMILES string of the molecule is O=C(O)c1ccnc(N2CCC(n3cncn3)C2)n1. The summed E-state index contributed by atoms with van der Waals surface area (Å²) < 4.78 is 1.81. The lowest BCUT2D eigenvalue weighted by atomic mass is 10.3. The van der Waals surface area contributed by atoms with Crippen LogP contribution in [-0.4, -0.2) is 48.9 Å². The van der Waals surface area contributed by atoms with Crippen LogP contribution in [0.1, 0.15) is 23.0 Å². The van der Waals surface area contributed by atoms with Gasteiger partial charge in [-0.05, 0) is 12.5 Å². The van der Waals surface area contributed by atoms with Crippen LogP contribution in [0.2, 0.25) is 0 Å². The first-order chi connectivity index (χ1) is 9.24. The molecule has 1 aliphatic heterocycles. The zero-order valence-electron chi connectivity index (χ0n) is 10.0. The van der Waals surface area contributed by atoms with Gasteiger partial charge in [0.2, 0.25) is 5.95 Å². The maximum absolute atomic E-state index is 10.9. The van der Waals surface area contributed by atoms with Crippen LogP contribution in [0.15, 0.2) is 24.9 Å². The molecule has 1 N–H and O–H groups in total. The molecule has 1 unspecified atom stereocenters. The molecule has 0 amide bonds. The highest BCUT2D eigenvalue weighted by Gasteiger charge is 2.26. The number of carbonyl (C=O) groups is 1. The maximum atomic E-state index is 10.9. The van der Waals surface area contributed by atoms with Gasteiger partial charge in [0, 0.05) is 19.3 Å². The number of aromatic carboxylic acids is 1. The van der Waals surface area contributed by atoms with Crippen molar-refractivity contribution in [2.24, 2.45) is 0 Å². The molecular formula is C11H12N6O2. The highest BCUT2D eigenvalue weighted by Crippen LogP contribution is 2.23. The third-order valence-electron chi connectivity index (χ3n) is 3.12. The summed E-state index contributed by atoms with van der Waals surface area (Å²) in [5.74, 6) is -0.599. The smallest absolute Gasteiger partial charge is 0.354 e. The normalized spacial score (nSPS) is 18.7. The van der Waals surface area contributed by atoms with Gasteiger partial charge in [-0.15, -0.1) is 0 Å². The Bertz CT molecular complexity index is 585. The highest BCUT2D eigenvalue weighted by atomic mass is 16.4. The van der Waals surface area contributed by atoms with E-state index < -0.39 is 5.97 Å². The fraction of sp³-hybridized carbons (Fsp3) is 0.364. The van der Waals surface area contributed by atoms with E-state index in [1.54, 1.807) is 11.0 Å². The van der Waals surface area contributed by atoms with Gasteiger partial charge in [0.05, 0.1) is 6.04 Å². The Hall–Kier alpha value is -2.51. The summed E-state index contributed by atoms with van der Waals surface area (Å²) in [6.07, 6.45) is 5.56. The largest absolute Gasteiger partial charge is 0.477 e. The van der Waals surface area contributed by atoms with Crippen LogP contribution < -0.4 is 4.90 Å². The predicted molar refractivity (Wildman–Crippen MR) is 64.9 cm³/mol. The van der Waals surface area contributed by atoms with Gasteiger partial charge in [0.25, 0.3) is 0 Å².